The highest BCUT2D eigenvalue weighted by Gasteiger charge is 2.27. The van der Waals surface area contributed by atoms with Gasteiger partial charge in [0.05, 0.1) is 13.2 Å². The maximum atomic E-state index is 12.4. The van der Waals surface area contributed by atoms with Crippen molar-refractivity contribution in [2.75, 3.05) is 19.8 Å². The first-order valence-corrected chi connectivity index (χ1v) is 8.27. The summed E-state index contributed by atoms with van der Waals surface area (Å²) >= 11 is 0. The molecule has 118 valence electrons. The van der Waals surface area contributed by atoms with Crippen molar-refractivity contribution in [3.8, 4) is 0 Å². The van der Waals surface area contributed by atoms with Crippen LogP contribution in [-0.4, -0.2) is 40.1 Å². The van der Waals surface area contributed by atoms with Gasteiger partial charge in [0.15, 0.2) is 0 Å². The Morgan fingerprint density at radius 2 is 2.38 bits per heavy atom. The largest absolute Gasteiger partial charge is 0.381 e. The summed E-state index contributed by atoms with van der Waals surface area (Å²) < 4.78 is 9.04. The summed E-state index contributed by atoms with van der Waals surface area (Å²) in [6.45, 7) is 6.26. The van der Waals surface area contributed by atoms with E-state index in [9.17, 15) is 4.79 Å². The monoisotopic (exact) mass is 294 g/mol. The van der Waals surface area contributed by atoms with Gasteiger partial charge in [-0.05, 0) is 32.2 Å². The molecule has 1 N–H and O–H groups in total. The van der Waals surface area contributed by atoms with E-state index in [1.807, 2.05) is 4.57 Å². The molecule has 2 aliphatic heterocycles. The van der Waals surface area contributed by atoms with Gasteiger partial charge in [0, 0.05) is 31.5 Å². The number of aryl methyl sites for hydroxylation is 1. The fourth-order valence-corrected chi connectivity index (χ4v) is 3.33. The molecule has 3 heterocycles. The number of aromatic nitrogens is 3. The van der Waals surface area contributed by atoms with Crippen molar-refractivity contribution in [2.45, 2.75) is 58.2 Å². The third-order valence-corrected chi connectivity index (χ3v) is 4.59. The zero-order chi connectivity index (χ0) is 14.7. The molecule has 0 bridgehead atoms. The van der Waals surface area contributed by atoms with Gasteiger partial charge in [-0.15, -0.1) is 0 Å². The Labute approximate surface area is 125 Å². The second kappa shape index (κ2) is 6.75. The minimum Gasteiger partial charge on any atom is -0.381 e. The summed E-state index contributed by atoms with van der Waals surface area (Å²) in [6.07, 6.45) is 5.33. The second-order valence-corrected chi connectivity index (χ2v) is 6.17. The van der Waals surface area contributed by atoms with Crippen LogP contribution in [0.15, 0.2) is 4.79 Å². The first-order valence-electron chi connectivity index (χ1n) is 8.27. The zero-order valence-electron chi connectivity index (χ0n) is 12.9. The van der Waals surface area contributed by atoms with Crippen molar-refractivity contribution >= 4 is 0 Å². The lowest BCUT2D eigenvalue weighted by atomic mass is 9.99. The highest BCUT2D eigenvalue weighted by atomic mass is 16.5. The van der Waals surface area contributed by atoms with Crippen molar-refractivity contribution < 1.29 is 4.74 Å². The number of nitrogens with zero attached hydrogens (tertiary/aromatic N) is 3. The van der Waals surface area contributed by atoms with E-state index in [0.717, 1.165) is 64.2 Å². The van der Waals surface area contributed by atoms with Crippen molar-refractivity contribution in [2.24, 2.45) is 5.92 Å². The molecule has 6 nitrogen and oxygen atoms in total. The normalized spacial score (nSPS) is 23.2. The van der Waals surface area contributed by atoms with E-state index < -0.39 is 0 Å². The predicted molar refractivity (Wildman–Crippen MR) is 80.4 cm³/mol. The average molecular weight is 294 g/mol. The number of fused-ring (bicyclic) bond motifs is 1. The van der Waals surface area contributed by atoms with E-state index in [2.05, 4.69) is 17.3 Å². The highest BCUT2D eigenvalue weighted by molar-refractivity contribution is 4.92. The van der Waals surface area contributed by atoms with Gasteiger partial charge in [-0.25, -0.2) is 9.48 Å². The SMILES string of the molecule is CCCNC(Cn1nc2n(c1=O)CCCC2)C1CCOC1. The Morgan fingerprint density at radius 1 is 1.48 bits per heavy atom. The van der Waals surface area contributed by atoms with Crippen LogP contribution in [0.4, 0.5) is 0 Å². The number of hydrogen-bond donors (Lipinski definition) is 1. The molecule has 1 saturated heterocycles. The first kappa shape index (κ1) is 14.8. The molecule has 2 atom stereocenters. The molecule has 6 heteroatoms. The van der Waals surface area contributed by atoms with Crippen LogP contribution in [0.2, 0.25) is 0 Å². The molecular weight excluding hydrogens is 268 g/mol. The van der Waals surface area contributed by atoms with Gasteiger partial charge in [-0.3, -0.25) is 4.57 Å². The van der Waals surface area contributed by atoms with Crippen LogP contribution in [0.5, 0.6) is 0 Å². The molecule has 0 aromatic carbocycles. The number of hydrogen-bond acceptors (Lipinski definition) is 4. The van der Waals surface area contributed by atoms with Gasteiger partial charge in [0.25, 0.3) is 0 Å². The lowest BCUT2D eigenvalue weighted by Gasteiger charge is -2.23. The van der Waals surface area contributed by atoms with Crippen molar-refractivity contribution in [1.29, 1.82) is 0 Å². The van der Waals surface area contributed by atoms with E-state index in [-0.39, 0.29) is 11.7 Å². The summed E-state index contributed by atoms with van der Waals surface area (Å²) in [4.78, 5) is 12.4. The molecule has 0 radical (unpaired) electrons. The predicted octanol–water partition coefficient (Wildman–Crippen LogP) is 0.786. The van der Waals surface area contributed by atoms with Crippen LogP contribution < -0.4 is 11.0 Å². The van der Waals surface area contributed by atoms with Crippen LogP contribution in [0.3, 0.4) is 0 Å². The molecule has 3 rings (SSSR count). The molecule has 1 aromatic heterocycles. The molecule has 0 amide bonds. The molecule has 1 aromatic rings. The van der Waals surface area contributed by atoms with Crippen molar-refractivity contribution in [3.05, 3.63) is 16.3 Å². The van der Waals surface area contributed by atoms with E-state index in [1.54, 1.807) is 4.68 Å². The summed E-state index contributed by atoms with van der Waals surface area (Å²) in [6, 6.07) is 0.280. The summed E-state index contributed by atoms with van der Waals surface area (Å²) in [5, 5.41) is 8.13. The lowest BCUT2D eigenvalue weighted by Crippen LogP contribution is -2.43. The Hall–Kier alpha value is -1.14. The third kappa shape index (κ3) is 3.21. The third-order valence-electron chi connectivity index (χ3n) is 4.59. The number of ether oxygens (including phenoxy) is 1. The fourth-order valence-electron chi connectivity index (χ4n) is 3.33. The van der Waals surface area contributed by atoms with Gasteiger partial charge in [0.2, 0.25) is 0 Å². The quantitative estimate of drug-likeness (QED) is 0.842. The molecule has 21 heavy (non-hydrogen) atoms. The Morgan fingerprint density at radius 3 is 3.10 bits per heavy atom. The van der Waals surface area contributed by atoms with E-state index >= 15 is 0 Å². The Kier molecular flexibility index (Phi) is 4.75. The zero-order valence-corrected chi connectivity index (χ0v) is 12.9. The van der Waals surface area contributed by atoms with Crippen LogP contribution >= 0.6 is 0 Å². The molecule has 1 fully saturated rings. The second-order valence-electron chi connectivity index (χ2n) is 6.17. The smallest absolute Gasteiger partial charge is 0.345 e. The van der Waals surface area contributed by atoms with Crippen molar-refractivity contribution in [3.63, 3.8) is 0 Å². The van der Waals surface area contributed by atoms with Gasteiger partial charge < -0.3 is 10.1 Å². The van der Waals surface area contributed by atoms with Crippen LogP contribution in [-0.2, 0) is 24.2 Å². The average Bonchev–Trinajstić information content (AvgIpc) is 3.13. The van der Waals surface area contributed by atoms with Crippen LogP contribution in [0.1, 0.15) is 38.4 Å². The topological polar surface area (TPSA) is 61.1 Å². The summed E-state index contributed by atoms with van der Waals surface area (Å²) in [7, 11) is 0. The number of rotatable bonds is 6. The van der Waals surface area contributed by atoms with E-state index in [4.69, 9.17) is 4.74 Å². The van der Waals surface area contributed by atoms with E-state index in [1.165, 1.54) is 0 Å². The van der Waals surface area contributed by atoms with Gasteiger partial charge in [-0.1, -0.05) is 6.92 Å². The maximum absolute atomic E-state index is 12.4. The van der Waals surface area contributed by atoms with Gasteiger partial charge in [0.1, 0.15) is 5.82 Å². The van der Waals surface area contributed by atoms with Gasteiger partial charge in [-0.2, -0.15) is 5.10 Å². The lowest BCUT2D eigenvalue weighted by molar-refractivity contribution is 0.172. The highest BCUT2D eigenvalue weighted by Crippen LogP contribution is 2.18. The molecule has 2 aliphatic rings. The summed E-state index contributed by atoms with van der Waals surface area (Å²) in [5.41, 5.74) is 0.0620. The standard InChI is InChI=1S/C15H26N4O2/c1-2-7-16-13(12-6-9-21-11-12)10-19-15(20)18-8-4-3-5-14(18)17-19/h12-13,16H,2-11H2,1H3. The molecule has 0 saturated carbocycles. The Balaban J connectivity index is 1.75. The fraction of sp³-hybridized carbons (Fsp3) is 0.867. The molecule has 0 spiro atoms. The molecule has 0 aliphatic carbocycles. The van der Waals surface area contributed by atoms with Crippen molar-refractivity contribution in [1.82, 2.24) is 19.7 Å². The van der Waals surface area contributed by atoms with Crippen LogP contribution in [0, 0.1) is 5.92 Å². The van der Waals surface area contributed by atoms with Crippen LogP contribution in [0.25, 0.3) is 0 Å². The maximum Gasteiger partial charge on any atom is 0.345 e. The first-order chi connectivity index (χ1) is 10.3. The van der Waals surface area contributed by atoms with E-state index in [0.29, 0.717) is 12.5 Å². The minimum absolute atomic E-state index is 0.0620. The van der Waals surface area contributed by atoms with Gasteiger partial charge >= 0.3 is 5.69 Å². The Bertz CT molecular complexity index is 516. The summed E-state index contributed by atoms with van der Waals surface area (Å²) in [5.74, 6) is 1.45. The number of nitrogens with one attached hydrogen (secondary N) is 1. The minimum atomic E-state index is 0.0620. The molecule has 2 unspecified atom stereocenters. The molecular formula is C15H26N4O2.